The number of nitrogens with zero attached hydrogens (tertiary/aromatic N) is 4. The van der Waals surface area contributed by atoms with Crippen LogP contribution in [0.15, 0.2) is 6.33 Å². The number of hydrogen-bond acceptors (Lipinski definition) is 6. The van der Waals surface area contributed by atoms with Gasteiger partial charge in [-0.05, 0) is 20.0 Å². The van der Waals surface area contributed by atoms with Crippen molar-refractivity contribution >= 4 is 11.9 Å². The Morgan fingerprint density at radius 1 is 1.57 bits per heavy atom. The molecule has 0 saturated carbocycles. The molecule has 76 valence electrons. The third-order valence-corrected chi connectivity index (χ3v) is 2.32. The second-order valence-electron chi connectivity index (χ2n) is 3.56. The van der Waals surface area contributed by atoms with Crippen LogP contribution in [0, 0.1) is 0 Å². The van der Waals surface area contributed by atoms with Gasteiger partial charge in [0.15, 0.2) is 0 Å². The number of aromatic nitrogens is 3. The summed E-state index contributed by atoms with van der Waals surface area (Å²) >= 11 is 0. The highest BCUT2D eigenvalue weighted by atomic mass is 15.2. The molecule has 1 aromatic rings. The van der Waals surface area contributed by atoms with E-state index in [0.717, 1.165) is 19.5 Å². The zero-order chi connectivity index (χ0) is 9.97. The number of likely N-dealkylation sites (N-methyl/N-ethyl adjacent to an activating group) is 1. The van der Waals surface area contributed by atoms with Crippen LogP contribution in [0.3, 0.4) is 0 Å². The van der Waals surface area contributed by atoms with Crippen molar-refractivity contribution in [2.24, 2.45) is 0 Å². The summed E-state index contributed by atoms with van der Waals surface area (Å²) in [7, 11) is 2.10. The molecule has 0 bridgehead atoms. The van der Waals surface area contributed by atoms with Crippen molar-refractivity contribution in [3.63, 3.8) is 0 Å². The predicted octanol–water partition coefficient (Wildman–Crippen LogP) is -0.430. The van der Waals surface area contributed by atoms with Crippen molar-refractivity contribution in [1.82, 2.24) is 19.9 Å². The Morgan fingerprint density at radius 3 is 3.07 bits per heavy atom. The summed E-state index contributed by atoms with van der Waals surface area (Å²) in [6, 6.07) is 0.418. The maximum Gasteiger partial charge on any atom is 0.227 e. The highest BCUT2D eigenvalue weighted by molar-refractivity contribution is 5.30. The molecule has 1 aliphatic heterocycles. The van der Waals surface area contributed by atoms with Crippen LogP contribution in [0.25, 0.3) is 0 Å². The van der Waals surface area contributed by atoms with Gasteiger partial charge < -0.3 is 16.0 Å². The third-order valence-electron chi connectivity index (χ3n) is 2.32. The van der Waals surface area contributed by atoms with Gasteiger partial charge in [0.2, 0.25) is 11.9 Å². The van der Waals surface area contributed by atoms with Gasteiger partial charge in [0, 0.05) is 12.6 Å². The minimum atomic E-state index is 0.258. The fourth-order valence-electron chi connectivity index (χ4n) is 1.61. The fourth-order valence-corrected chi connectivity index (χ4v) is 1.61. The monoisotopic (exact) mass is 194 g/mol. The largest absolute Gasteiger partial charge is 0.368 e. The molecule has 0 amide bonds. The molecule has 3 N–H and O–H groups in total. The van der Waals surface area contributed by atoms with Crippen molar-refractivity contribution in [2.45, 2.75) is 12.5 Å². The zero-order valence-corrected chi connectivity index (χ0v) is 8.14. The molecule has 1 atom stereocenters. The molecule has 2 heterocycles. The number of nitrogens with one attached hydrogen (secondary N) is 1. The van der Waals surface area contributed by atoms with Gasteiger partial charge >= 0.3 is 0 Å². The fraction of sp³-hybridized carbons (Fsp3) is 0.625. The van der Waals surface area contributed by atoms with Crippen molar-refractivity contribution < 1.29 is 0 Å². The normalized spacial score (nSPS) is 22.5. The predicted molar refractivity (Wildman–Crippen MR) is 53.8 cm³/mol. The molecule has 1 aliphatic rings. The van der Waals surface area contributed by atoms with E-state index in [-0.39, 0.29) is 5.95 Å². The molecule has 0 aliphatic carbocycles. The van der Waals surface area contributed by atoms with Crippen LogP contribution in [0.5, 0.6) is 0 Å². The van der Waals surface area contributed by atoms with Crippen LogP contribution in [0.2, 0.25) is 0 Å². The van der Waals surface area contributed by atoms with Gasteiger partial charge in [-0.2, -0.15) is 4.98 Å². The van der Waals surface area contributed by atoms with Crippen LogP contribution in [-0.2, 0) is 0 Å². The van der Waals surface area contributed by atoms with E-state index >= 15 is 0 Å². The van der Waals surface area contributed by atoms with Crippen molar-refractivity contribution in [3.05, 3.63) is 6.33 Å². The number of nitrogen functional groups attached to an aromatic ring is 1. The quantitative estimate of drug-likeness (QED) is 0.665. The van der Waals surface area contributed by atoms with E-state index in [9.17, 15) is 0 Å². The first kappa shape index (κ1) is 9.14. The van der Waals surface area contributed by atoms with Crippen LogP contribution < -0.4 is 11.1 Å². The Labute approximate surface area is 82.6 Å². The Kier molecular flexibility index (Phi) is 2.45. The van der Waals surface area contributed by atoms with E-state index in [4.69, 9.17) is 5.73 Å². The molecule has 14 heavy (non-hydrogen) atoms. The lowest BCUT2D eigenvalue weighted by Gasteiger charge is -2.12. The number of nitrogens with two attached hydrogens (primary N) is 1. The second kappa shape index (κ2) is 3.75. The van der Waals surface area contributed by atoms with E-state index in [1.165, 1.54) is 6.33 Å². The highest BCUT2D eigenvalue weighted by Gasteiger charge is 2.19. The number of hydrogen-bond donors (Lipinski definition) is 2. The van der Waals surface area contributed by atoms with E-state index in [2.05, 4.69) is 32.2 Å². The summed E-state index contributed by atoms with van der Waals surface area (Å²) in [5, 5.41) is 3.23. The van der Waals surface area contributed by atoms with Gasteiger partial charge in [0.05, 0.1) is 0 Å². The number of rotatable bonds is 2. The van der Waals surface area contributed by atoms with Crippen LogP contribution in [0.1, 0.15) is 6.42 Å². The molecule has 1 unspecified atom stereocenters. The lowest BCUT2D eigenvalue weighted by Crippen LogP contribution is -2.24. The smallest absolute Gasteiger partial charge is 0.227 e. The molecule has 6 heteroatoms. The second-order valence-corrected chi connectivity index (χ2v) is 3.56. The number of anilines is 2. The standard InChI is InChI=1S/C8H14N6/c1-14-3-2-6(4-14)12-8-11-5-10-7(9)13-8/h5-6H,2-4H2,1H3,(H3,9,10,11,12,13). The average Bonchev–Trinajstić information content (AvgIpc) is 2.51. The molecule has 0 spiro atoms. The van der Waals surface area contributed by atoms with Crippen LogP contribution >= 0.6 is 0 Å². The molecule has 1 fully saturated rings. The maximum atomic E-state index is 5.45. The molecule has 0 radical (unpaired) electrons. The maximum absolute atomic E-state index is 5.45. The molecular weight excluding hydrogens is 180 g/mol. The molecule has 2 rings (SSSR count). The lowest BCUT2D eigenvalue weighted by molar-refractivity contribution is 0.414. The van der Waals surface area contributed by atoms with E-state index in [0.29, 0.717) is 12.0 Å². The Hall–Kier alpha value is -1.43. The Bertz CT molecular complexity index is 314. The molecule has 0 aromatic carbocycles. The SMILES string of the molecule is CN1CCC(Nc2ncnc(N)n2)C1. The Morgan fingerprint density at radius 2 is 2.43 bits per heavy atom. The third kappa shape index (κ3) is 2.08. The van der Waals surface area contributed by atoms with Crippen molar-refractivity contribution in [2.75, 3.05) is 31.2 Å². The highest BCUT2D eigenvalue weighted by Crippen LogP contribution is 2.10. The summed E-state index contributed by atoms with van der Waals surface area (Å²) in [5.41, 5.74) is 5.45. The van der Waals surface area contributed by atoms with Gasteiger partial charge in [-0.3, -0.25) is 0 Å². The van der Waals surface area contributed by atoms with E-state index < -0.39 is 0 Å². The zero-order valence-electron chi connectivity index (χ0n) is 8.14. The summed E-state index contributed by atoms with van der Waals surface area (Å²) in [5.74, 6) is 0.826. The summed E-state index contributed by atoms with van der Waals surface area (Å²) in [6.07, 6.45) is 2.53. The first-order valence-electron chi connectivity index (χ1n) is 4.63. The van der Waals surface area contributed by atoms with Gasteiger partial charge in [0.1, 0.15) is 6.33 Å². The molecule has 1 aromatic heterocycles. The van der Waals surface area contributed by atoms with Gasteiger partial charge in [-0.25, -0.2) is 9.97 Å². The number of likely N-dealkylation sites (tertiary alicyclic amines) is 1. The van der Waals surface area contributed by atoms with E-state index in [1.54, 1.807) is 0 Å². The first-order valence-corrected chi connectivity index (χ1v) is 4.63. The van der Waals surface area contributed by atoms with Crippen LogP contribution in [0.4, 0.5) is 11.9 Å². The lowest BCUT2D eigenvalue weighted by atomic mass is 10.3. The molecule has 1 saturated heterocycles. The van der Waals surface area contributed by atoms with Gasteiger partial charge in [-0.1, -0.05) is 0 Å². The minimum absolute atomic E-state index is 0.258. The van der Waals surface area contributed by atoms with Crippen molar-refractivity contribution in [1.29, 1.82) is 0 Å². The Balaban J connectivity index is 1.97. The summed E-state index contributed by atoms with van der Waals surface area (Å²) < 4.78 is 0. The minimum Gasteiger partial charge on any atom is -0.368 e. The van der Waals surface area contributed by atoms with Gasteiger partial charge in [0.25, 0.3) is 0 Å². The van der Waals surface area contributed by atoms with Crippen LogP contribution in [-0.4, -0.2) is 46.0 Å². The molecule has 6 nitrogen and oxygen atoms in total. The topological polar surface area (TPSA) is 80.0 Å². The molecular formula is C8H14N6. The van der Waals surface area contributed by atoms with Gasteiger partial charge in [-0.15, -0.1) is 0 Å². The van der Waals surface area contributed by atoms with Crippen molar-refractivity contribution in [3.8, 4) is 0 Å². The average molecular weight is 194 g/mol. The first-order chi connectivity index (χ1) is 6.74. The summed E-state index contributed by atoms with van der Waals surface area (Å²) in [4.78, 5) is 14.0. The van der Waals surface area contributed by atoms with E-state index in [1.807, 2.05) is 0 Å². The summed E-state index contributed by atoms with van der Waals surface area (Å²) in [6.45, 7) is 2.13.